The Labute approximate surface area is 104 Å². The van der Waals surface area contributed by atoms with Crippen molar-refractivity contribution in [3.63, 3.8) is 0 Å². The summed E-state index contributed by atoms with van der Waals surface area (Å²) in [5.41, 5.74) is 5.48. The van der Waals surface area contributed by atoms with Crippen LogP contribution in [0, 0.1) is 5.41 Å². The lowest BCUT2D eigenvalue weighted by molar-refractivity contribution is -0.163. The van der Waals surface area contributed by atoms with E-state index < -0.39 is 0 Å². The molecule has 1 saturated carbocycles. The second-order valence-corrected chi connectivity index (χ2v) is 5.41. The molecule has 0 aromatic heterocycles. The van der Waals surface area contributed by atoms with Gasteiger partial charge in [0.1, 0.15) is 0 Å². The molecule has 0 heterocycles. The molecule has 1 amide bonds. The average Bonchev–Trinajstić information content (AvgIpc) is 2.30. The maximum atomic E-state index is 11.9. The molecule has 0 aromatic carbocycles. The van der Waals surface area contributed by atoms with Gasteiger partial charge in [0, 0.05) is 31.5 Å². The van der Waals surface area contributed by atoms with Gasteiger partial charge < -0.3 is 15.4 Å². The van der Waals surface area contributed by atoms with Crippen LogP contribution in [0.1, 0.15) is 40.0 Å². The molecule has 1 rings (SSSR count). The molecule has 1 fully saturated rings. The fourth-order valence-corrected chi connectivity index (χ4v) is 2.61. The Morgan fingerprint density at radius 1 is 1.53 bits per heavy atom. The van der Waals surface area contributed by atoms with Crippen LogP contribution in [-0.4, -0.2) is 43.2 Å². The van der Waals surface area contributed by atoms with Crippen LogP contribution < -0.4 is 5.73 Å². The van der Waals surface area contributed by atoms with E-state index in [4.69, 9.17) is 10.5 Å². The van der Waals surface area contributed by atoms with E-state index in [0.29, 0.717) is 19.0 Å². The highest BCUT2D eigenvalue weighted by Gasteiger charge is 2.51. The fraction of sp³-hybridized carbons (Fsp3) is 0.923. The second kappa shape index (κ2) is 5.83. The van der Waals surface area contributed by atoms with Crippen LogP contribution in [0.3, 0.4) is 0 Å². The van der Waals surface area contributed by atoms with Gasteiger partial charge in [0.15, 0.2) is 0 Å². The van der Waals surface area contributed by atoms with Crippen LogP contribution in [-0.2, 0) is 9.53 Å². The molecule has 4 heteroatoms. The van der Waals surface area contributed by atoms with Gasteiger partial charge in [-0.05, 0) is 26.3 Å². The zero-order chi connectivity index (χ0) is 13.1. The van der Waals surface area contributed by atoms with E-state index >= 15 is 0 Å². The lowest BCUT2D eigenvalue weighted by atomic mass is 9.63. The molecule has 0 radical (unpaired) electrons. The number of hydrogen-bond acceptors (Lipinski definition) is 3. The molecular formula is C13H26N2O2. The van der Waals surface area contributed by atoms with Crippen molar-refractivity contribution in [2.45, 2.75) is 52.2 Å². The number of nitrogens with zero attached hydrogens (tertiary/aromatic N) is 1. The smallest absolute Gasteiger partial charge is 0.222 e. The van der Waals surface area contributed by atoms with Gasteiger partial charge in [0.25, 0.3) is 0 Å². The first kappa shape index (κ1) is 14.5. The third-order valence-electron chi connectivity index (χ3n) is 3.95. The minimum atomic E-state index is 0.0587. The van der Waals surface area contributed by atoms with Gasteiger partial charge in [-0.2, -0.15) is 0 Å². The number of ether oxygens (including phenoxy) is 1. The summed E-state index contributed by atoms with van der Waals surface area (Å²) < 4.78 is 5.68. The summed E-state index contributed by atoms with van der Waals surface area (Å²) in [4.78, 5) is 13.8. The van der Waals surface area contributed by atoms with Gasteiger partial charge in [-0.25, -0.2) is 0 Å². The molecule has 1 aliphatic carbocycles. The van der Waals surface area contributed by atoms with Crippen molar-refractivity contribution in [3.05, 3.63) is 0 Å². The van der Waals surface area contributed by atoms with E-state index in [1.807, 2.05) is 18.9 Å². The monoisotopic (exact) mass is 242 g/mol. The molecule has 0 bridgehead atoms. The first-order chi connectivity index (χ1) is 7.95. The summed E-state index contributed by atoms with van der Waals surface area (Å²) >= 11 is 0. The van der Waals surface area contributed by atoms with Crippen LogP contribution in [0.15, 0.2) is 0 Å². The second-order valence-electron chi connectivity index (χ2n) is 5.41. The van der Waals surface area contributed by atoms with Crippen molar-refractivity contribution in [1.29, 1.82) is 0 Å². The minimum Gasteiger partial charge on any atom is -0.378 e. The van der Waals surface area contributed by atoms with Crippen molar-refractivity contribution in [2.75, 3.05) is 20.2 Å². The lowest BCUT2D eigenvalue weighted by Gasteiger charge is -2.54. The molecule has 100 valence electrons. The maximum absolute atomic E-state index is 11.9. The minimum absolute atomic E-state index is 0.0587. The molecule has 0 spiro atoms. The van der Waals surface area contributed by atoms with E-state index in [1.54, 1.807) is 0 Å². The van der Waals surface area contributed by atoms with Crippen molar-refractivity contribution in [1.82, 2.24) is 4.90 Å². The fourth-order valence-electron chi connectivity index (χ4n) is 2.61. The molecule has 17 heavy (non-hydrogen) atoms. The summed E-state index contributed by atoms with van der Waals surface area (Å²) in [5, 5.41) is 0. The van der Waals surface area contributed by atoms with Crippen molar-refractivity contribution in [2.24, 2.45) is 11.1 Å². The number of nitrogens with two attached hydrogens (primary N) is 1. The van der Waals surface area contributed by atoms with E-state index in [1.165, 1.54) is 0 Å². The van der Waals surface area contributed by atoms with Crippen molar-refractivity contribution in [3.8, 4) is 0 Å². The Balaban J connectivity index is 2.49. The highest BCUT2D eigenvalue weighted by atomic mass is 16.5. The summed E-state index contributed by atoms with van der Waals surface area (Å²) in [6.07, 6.45) is 2.55. The highest BCUT2D eigenvalue weighted by Crippen LogP contribution is 2.45. The number of hydrogen-bond donors (Lipinski definition) is 1. The van der Waals surface area contributed by atoms with E-state index in [-0.39, 0.29) is 17.4 Å². The van der Waals surface area contributed by atoms with Crippen LogP contribution in [0.4, 0.5) is 0 Å². The van der Waals surface area contributed by atoms with Gasteiger partial charge in [0.05, 0.1) is 6.10 Å². The zero-order valence-corrected chi connectivity index (χ0v) is 11.5. The average molecular weight is 242 g/mol. The summed E-state index contributed by atoms with van der Waals surface area (Å²) in [7, 11) is 1.90. The molecule has 2 N–H and O–H groups in total. The predicted octanol–water partition coefficient (Wildman–Crippen LogP) is 1.39. The molecule has 2 unspecified atom stereocenters. The van der Waals surface area contributed by atoms with Crippen LogP contribution in [0.5, 0.6) is 0 Å². The molecule has 0 aromatic rings. The van der Waals surface area contributed by atoms with Crippen LogP contribution in [0.2, 0.25) is 0 Å². The molecule has 2 atom stereocenters. The van der Waals surface area contributed by atoms with Crippen LogP contribution in [0.25, 0.3) is 0 Å². The molecule has 1 aliphatic rings. The summed E-state index contributed by atoms with van der Waals surface area (Å²) in [5.74, 6) is 0.198. The Morgan fingerprint density at radius 2 is 2.18 bits per heavy atom. The standard InChI is InChI=1S/C13H26N2O2/c1-5-17-11-9-10(13(11,2)3)15(4)12(16)7-6-8-14/h10-11H,5-9,14H2,1-4H3. The Kier molecular flexibility index (Phi) is 4.95. The number of carbonyl (C=O) groups is 1. The quantitative estimate of drug-likeness (QED) is 0.765. The third-order valence-corrected chi connectivity index (χ3v) is 3.95. The van der Waals surface area contributed by atoms with Gasteiger partial charge >= 0.3 is 0 Å². The largest absolute Gasteiger partial charge is 0.378 e. The molecular weight excluding hydrogens is 216 g/mol. The number of rotatable bonds is 6. The first-order valence-electron chi connectivity index (χ1n) is 6.52. The highest BCUT2D eigenvalue weighted by molar-refractivity contribution is 5.76. The topological polar surface area (TPSA) is 55.6 Å². The normalized spacial score (nSPS) is 26.4. The van der Waals surface area contributed by atoms with Gasteiger partial charge in [-0.15, -0.1) is 0 Å². The SMILES string of the molecule is CCOC1CC(N(C)C(=O)CCCN)C1(C)C. The molecule has 0 aliphatic heterocycles. The third kappa shape index (κ3) is 2.99. The summed E-state index contributed by atoms with van der Waals surface area (Å²) in [6.45, 7) is 7.68. The van der Waals surface area contributed by atoms with Gasteiger partial charge in [-0.1, -0.05) is 13.8 Å². The molecule has 0 saturated heterocycles. The number of amides is 1. The Morgan fingerprint density at radius 3 is 2.65 bits per heavy atom. The Bertz CT molecular complexity index is 266. The molecule has 4 nitrogen and oxygen atoms in total. The van der Waals surface area contributed by atoms with E-state index in [0.717, 1.165) is 19.4 Å². The van der Waals surface area contributed by atoms with Crippen LogP contribution >= 0.6 is 0 Å². The van der Waals surface area contributed by atoms with Gasteiger partial charge in [-0.3, -0.25) is 4.79 Å². The van der Waals surface area contributed by atoms with Crippen molar-refractivity contribution < 1.29 is 9.53 Å². The maximum Gasteiger partial charge on any atom is 0.222 e. The van der Waals surface area contributed by atoms with Crippen molar-refractivity contribution >= 4 is 5.91 Å². The number of carbonyl (C=O) groups excluding carboxylic acids is 1. The summed E-state index contributed by atoms with van der Waals surface area (Å²) in [6, 6.07) is 0.296. The van der Waals surface area contributed by atoms with Gasteiger partial charge in [0.2, 0.25) is 5.91 Å². The predicted molar refractivity (Wildman–Crippen MR) is 68.7 cm³/mol. The van der Waals surface area contributed by atoms with E-state index in [2.05, 4.69) is 13.8 Å². The zero-order valence-electron chi connectivity index (χ0n) is 11.5. The van der Waals surface area contributed by atoms with E-state index in [9.17, 15) is 4.79 Å². The Hall–Kier alpha value is -0.610. The lowest BCUT2D eigenvalue weighted by Crippen LogP contribution is -2.62. The first-order valence-corrected chi connectivity index (χ1v) is 6.52.